The first-order valence-corrected chi connectivity index (χ1v) is 14.1. The van der Waals surface area contributed by atoms with E-state index in [4.69, 9.17) is 23.5 Å². The SMILES string of the molecule is COc1cc2c(NS(=O)(=O)c3c(OC)cc([C@@H]4CCCO4)cc3OC)noc2cc1Nc1cc(C2CC2)[nH]n1. The van der Waals surface area contributed by atoms with Crippen molar-refractivity contribution in [1.29, 1.82) is 0 Å². The van der Waals surface area contributed by atoms with Crippen molar-refractivity contribution in [3.63, 3.8) is 0 Å². The molecule has 0 spiro atoms. The van der Waals surface area contributed by atoms with Gasteiger partial charge in [-0.1, -0.05) is 5.16 Å². The summed E-state index contributed by atoms with van der Waals surface area (Å²) in [5.41, 5.74) is 2.82. The van der Waals surface area contributed by atoms with Crippen molar-refractivity contribution >= 4 is 38.3 Å². The number of aromatic amines is 1. The number of ether oxygens (including phenoxy) is 4. The molecular weight excluding hydrogens is 526 g/mol. The second-order valence-electron chi connectivity index (χ2n) is 9.55. The Morgan fingerprint density at radius 3 is 2.36 bits per heavy atom. The molecule has 1 saturated heterocycles. The number of sulfonamides is 1. The number of nitrogens with one attached hydrogen (secondary N) is 3. The molecule has 1 aliphatic carbocycles. The minimum Gasteiger partial charge on any atom is -0.495 e. The predicted molar refractivity (Wildman–Crippen MR) is 143 cm³/mol. The summed E-state index contributed by atoms with van der Waals surface area (Å²) in [6, 6.07) is 8.63. The van der Waals surface area contributed by atoms with Crippen molar-refractivity contribution in [3.8, 4) is 17.2 Å². The summed E-state index contributed by atoms with van der Waals surface area (Å²) >= 11 is 0. The average molecular weight is 556 g/mol. The van der Waals surface area contributed by atoms with Gasteiger partial charge in [-0.05, 0) is 49.4 Å². The average Bonchev–Trinajstić information content (AvgIpc) is 3.29. The normalized spacial score (nSPS) is 17.4. The van der Waals surface area contributed by atoms with E-state index in [0.717, 1.165) is 36.9 Å². The van der Waals surface area contributed by atoms with E-state index in [0.29, 0.717) is 40.7 Å². The third-order valence-electron chi connectivity index (χ3n) is 6.95. The molecule has 0 radical (unpaired) electrons. The highest BCUT2D eigenvalue weighted by molar-refractivity contribution is 7.93. The second kappa shape index (κ2) is 9.97. The molecule has 3 N–H and O–H groups in total. The number of rotatable bonds is 10. The van der Waals surface area contributed by atoms with Gasteiger partial charge in [0.05, 0.1) is 38.5 Å². The van der Waals surface area contributed by atoms with E-state index in [1.54, 1.807) is 24.3 Å². The van der Waals surface area contributed by atoms with Gasteiger partial charge in [0.1, 0.15) is 17.2 Å². The van der Waals surface area contributed by atoms with Gasteiger partial charge in [0.2, 0.25) is 0 Å². The van der Waals surface area contributed by atoms with Crippen LogP contribution in [0.25, 0.3) is 11.0 Å². The van der Waals surface area contributed by atoms with E-state index in [1.807, 2.05) is 6.07 Å². The maximum Gasteiger partial charge on any atom is 0.270 e. The number of hydrogen-bond acceptors (Lipinski definition) is 10. The lowest BCUT2D eigenvalue weighted by molar-refractivity contribution is 0.111. The summed E-state index contributed by atoms with van der Waals surface area (Å²) in [6.45, 7) is 0.653. The molecule has 13 heteroatoms. The number of H-pyrrole nitrogens is 1. The van der Waals surface area contributed by atoms with Crippen LogP contribution >= 0.6 is 0 Å². The summed E-state index contributed by atoms with van der Waals surface area (Å²) in [6.07, 6.45) is 3.94. The summed E-state index contributed by atoms with van der Waals surface area (Å²) in [7, 11) is 0.126. The van der Waals surface area contributed by atoms with Gasteiger partial charge in [0.25, 0.3) is 10.0 Å². The Morgan fingerprint density at radius 2 is 1.72 bits per heavy atom. The molecule has 2 aliphatic rings. The Morgan fingerprint density at radius 1 is 0.974 bits per heavy atom. The van der Waals surface area contributed by atoms with Crippen molar-refractivity contribution in [3.05, 3.63) is 41.6 Å². The third-order valence-corrected chi connectivity index (χ3v) is 8.36. The van der Waals surface area contributed by atoms with Crippen LogP contribution in [0.15, 0.2) is 39.8 Å². The molecule has 6 rings (SSSR count). The summed E-state index contributed by atoms with van der Waals surface area (Å²) in [5, 5.41) is 15.0. The molecule has 0 unspecified atom stereocenters. The van der Waals surface area contributed by atoms with Gasteiger partial charge in [0, 0.05) is 30.4 Å². The lowest BCUT2D eigenvalue weighted by atomic mass is 10.1. The number of methoxy groups -OCH3 is 3. The largest absolute Gasteiger partial charge is 0.495 e. The van der Waals surface area contributed by atoms with Gasteiger partial charge in [-0.15, -0.1) is 0 Å². The van der Waals surface area contributed by atoms with Crippen LogP contribution < -0.4 is 24.2 Å². The molecule has 0 bridgehead atoms. The number of aromatic nitrogens is 3. The first kappa shape index (κ1) is 25.3. The van der Waals surface area contributed by atoms with Crippen LogP contribution in [-0.2, 0) is 14.8 Å². The maximum absolute atomic E-state index is 13.6. The lowest BCUT2D eigenvalue weighted by Gasteiger charge is -2.18. The molecule has 1 atom stereocenters. The van der Waals surface area contributed by atoms with Crippen molar-refractivity contribution < 1.29 is 31.9 Å². The molecule has 2 aromatic carbocycles. The third kappa shape index (κ3) is 4.83. The summed E-state index contributed by atoms with van der Waals surface area (Å²) in [4.78, 5) is -0.152. The van der Waals surface area contributed by atoms with Gasteiger partial charge in [-0.25, -0.2) is 8.42 Å². The van der Waals surface area contributed by atoms with Crippen LogP contribution in [0.1, 0.15) is 49.0 Å². The molecule has 0 amide bonds. The fraction of sp³-hybridized carbons (Fsp3) is 0.385. The van der Waals surface area contributed by atoms with Gasteiger partial charge in [-0.3, -0.25) is 9.82 Å². The maximum atomic E-state index is 13.6. The van der Waals surface area contributed by atoms with Gasteiger partial charge < -0.3 is 28.8 Å². The van der Waals surface area contributed by atoms with Gasteiger partial charge >= 0.3 is 0 Å². The first-order valence-electron chi connectivity index (χ1n) is 12.6. The summed E-state index contributed by atoms with van der Waals surface area (Å²) in [5.74, 6) is 1.89. The standard InChI is InChI=1S/C26H29N5O7S/c1-34-21-11-16-20(12-18(21)27-24-13-17(28-29-24)14-6-7-14)38-30-26(16)31-39(32,33)25-22(35-2)9-15(10-23(25)36-3)19-5-4-8-37-19/h9-14,19H,4-8H2,1-3H3,(H,30,31)(H2,27,28,29)/t19-/m0/s1. The van der Waals surface area contributed by atoms with Crippen LogP contribution in [0.5, 0.6) is 17.2 Å². The number of hydrogen-bond donors (Lipinski definition) is 3. The van der Waals surface area contributed by atoms with Crippen LogP contribution in [-0.4, -0.2) is 51.7 Å². The van der Waals surface area contributed by atoms with E-state index in [9.17, 15) is 8.42 Å². The molecule has 2 aromatic heterocycles. The van der Waals surface area contributed by atoms with E-state index in [-0.39, 0.29) is 28.3 Å². The molecule has 4 aromatic rings. The van der Waals surface area contributed by atoms with Crippen molar-refractivity contribution in [1.82, 2.24) is 15.4 Å². The topological polar surface area (TPSA) is 150 Å². The molecule has 12 nitrogen and oxygen atoms in total. The lowest BCUT2D eigenvalue weighted by Crippen LogP contribution is -2.16. The fourth-order valence-corrected chi connectivity index (χ4v) is 6.13. The van der Waals surface area contributed by atoms with Gasteiger partial charge in [0.15, 0.2) is 22.1 Å². The Kier molecular flexibility index (Phi) is 6.47. The zero-order valence-electron chi connectivity index (χ0n) is 21.7. The Hall–Kier alpha value is -3.97. The zero-order valence-corrected chi connectivity index (χ0v) is 22.6. The number of nitrogens with zero attached hydrogens (tertiary/aromatic N) is 2. The van der Waals surface area contributed by atoms with E-state index in [2.05, 4.69) is 25.4 Å². The van der Waals surface area contributed by atoms with Crippen LogP contribution in [0.2, 0.25) is 0 Å². The first-order chi connectivity index (χ1) is 18.9. The molecule has 1 saturated carbocycles. The Balaban J connectivity index is 1.32. The molecule has 3 heterocycles. The molecule has 39 heavy (non-hydrogen) atoms. The molecule has 2 fully saturated rings. The number of benzene rings is 2. The molecular formula is C26H29N5O7S. The van der Waals surface area contributed by atoms with Gasteiger partial charge in [-0.2, -0.15) is 5.10 Å². The van der Waals surface area contributed by atoms with Crippen LogP contribution in [0.4, 0.5) is 17.3 Å². The quantitative estimate of drug-likeness (QED) is 0.248. The summed E-state index contributed by atoms with van der Waals surface area (Å²) < 4.78 is 57.5. The fourth-order valence-electron chi connectivity index (χ4n) is 4.82. The van der Waals surface area contributed by atoms with E-state index in [1.165, 1.54) is 21.3 Å². The van der Waals surface area contributed by atoms with Crippen molar-refractivity contribution in [2.45, 2.75) is 42.6 Å². The Labute approximate surface area is 225 Å². The van der Waals surface area contributed by atoms with Crippen LogP contribution in [0.3, 0.4) is 0 Å². The van der Waals surface area contributed by atoms with Crippen molar-refractivity contribution in [2.24, 2.45) is 0 Å². The molecule has 1 aliphatic heterocycles. The highest BCUT2D eigenvalue weighted by atomic mass is 32.2. The second-order valence-corrected chi connectivity index (χ2v) is 11.2. The van der Waals surface area contributed by atoms with Crippen LogP contribution in [0, 0.1) is 0 Å². The zero-order chi connectivity index (χ0) is 27.1. The minimum atomic E-state index is -4.21. The van der Waals surface area contributed by atoms with Crippen molar-refractivity contribution in [2.75, 3.05) is 38.0 Å². The van der Waals surface area contributed by atoms with E-state index >= 15 is 0 Å². The highest BCUT2D eigenvalue weighted by Crippen LogP contribution is 2.42. The Bertz CT molecular complexity index is 1600. The smallest absolute Gasteiger partial charge is 0.270 e. The minimum absolute atomic E-state index is 0.00190. The molecule has 206 valence electrons. The highest BCUT2D eigenvalue weighted by Gasteiger charge is 2.30. The number of fused-ring (bicyclic) bond motifs is 1. The van der Waals surface area contributed by atoms with E-state index < -0.39 is 10.0 Å². The number of anilines is 3. The monoisotopic (exact) mass is 555 g/mol. The predicted octanol–water partition coefficient (Wildman–Crippen LogP) is 4.85.